The average molecular weight is 515 g/mol. The maximum atomic E-state index is 13.9. The van der Waals surface area contributed by atoms with Crippen molar-refractivity contribution in [3.8, 4) is 11.5 Å². The van der Waals surface area contributed by atoms with Gasteiger partial charge >= 0.3 is 0 Å². The van der Waals surface area contributed by atoms with Gasteiger partial charge in [0.2, 0.25) is 0 Å². The van der Waals surface area contributed by atoms with Crippen LogP contribution in [0.15, 0.2) is 24.3 Å². The summed E-state index contributed by atoms with van der Waals surface area (Å²) in [6.45, 7) is 8.26. The topological polar surface area (TPSA) is 107 Å². The minimum atomic E-state index is -0.577. The number of nitro benzene ring substituents is 1. The Bertz CT molecular complexity index is 1230. The number of aromatic nitrogens is 1. The Labute approximate surface area is 213 Å². The van der Waals surface area contributed by atoms with E-state index >= 15 is 0 Å². The quantitative estimate of drug-likeness (QED) is 0.309. The van der Waals surface area contributed by atoms with Crippen LogP contribution in [0.25, 0.3) is 10.2 Å². The molecule has 36 heavy (non-hydrogen) atoms. The van der Waals surface area contributed by atoms with Crippen LogP contribution in [-0.4, -0.2) is 74.3 Å². The number of thiazole rings is 1. The number of carbonyl (C=O) groups is 1. The van der Waals surface area contributed by atoms with E-state index in [-0.39, 0.29) is 22.7 Å². The van der Waals surface area contributed by atoms with Gasteiger partial charge < -0.3 is 14.2 Å². The number of methoxy groups -OCH3 is 2. The Morgan fingerprint density at radius 1 is 1.14 bits per heavy atom. The number of morpholine rings is 1. The van der Waals surface area contributed by atoms with Crippen LogP contribution >= 0.6 is 11.3 Å². The van der Waals surface area contributed by atoms with Crippen molar-refractivity contribution in [1.82, 2.24) is 9.88 Å². The number of rotatable bonds is 9. The zero-order valence-electron chi connectivity index (χ0n) is 20.9. The number of benzene rings is 2. The summed E-state index contributed by atoms with van der Waals surface area (Å²) >= 11 is 1.40. The summed E-state index contributed by atoms with van der Waals surface area (Å²) in [4.78, 5) is 33.8. The average Bonchev–Trinajstić information content (AvgIpc) is 3.28. The van der Waals surface area contributed by atoms with Gasteiger partial charge in [0.1, 0.15) is 5.56 Å². The first kappa shape index (κ1) is 25.8. The lowest BCUT2D eigenvalue weighted by molar-refractivity contribution is -0.385. The third-order valence-corrected chi connectivity index (χ3v) is 7.40. The number of anilines is 1. The molecule has 1 aromatic heterocycles. The molecule has 1 aliphatic heterocycles. The van der Waals surface area contributed by atoms with Gasteiger partial charge in [0.25, 0.3) is 11.6 Å². The standard InChI is InChI=1S/C25H30N4O6S/c1-16-12-19-23(13-17(16)2)36-25(26-19)28(7-5-6-27-8-10-35-11-9-27)24(30)18-14-21(33-3)22(34-4)15-20(18)29(31)32/h12-15H,5-11H2,1-4H3. The van der Waals surface area contributed by atoms with Crippen molar-refractivity contribution in [3.05, 3.63) is 51.1 Å². The summed E-state index contributed by atoms with van der Waals surface area (Å²) < 4.78 is 16.9. The van der Waals surface area contributed by atoms with E-state index in [4.69, 9.17) is 19.2 Å². The summed E-state index contributed by atoms with van der Waals surface area (Å²) in [5.41, 5.74) is 2.63. The van der Waals surface area contributed by atoms with Gasteiger partial charge in [-0.1, -0.05) is 11.3 Å². The van der Waals surface area contributed by atoms with Gasteiger partial charge in [0.15, 0.2) is 16.6 Å². The molecule has 2 aromatic carbocycles. The molecule has 1 amide bonds. The van der Waals surface area contributed by atoms with Gasteiger partial charge in [-0.15, -0.1) is 0 Å². The molecule has 1 saturated heterocycles. The number of hydrogen-bond donors (Lipinski definition) is 0. The first-order chi connectivity index (χ1) is 17.3. The van der Waals surface area contributed by atoms with Crippen LogP contribution in [0.4, 0.5) is 10.8 Å². The zero-order chi connectivity index (χ0) is 25.8. The number of fused-ring (bicyclic) bond motifs is 1. The molecular weight excluding hydrogens is 484 g/mol. The molecule has 0 bridgehead atoms. The van der Waals surface area contributed by atoms with Crippen LogP contribution < -0.4 is 14.4 Å². The number of amides is 1. The fourth-order valence-electron chi connectivity index (χ4n) is 4.18. The van der Waals surface area contributed by atoms with Crippen molar-refractivity contribution in [1.29, 1.82) is 0 Å². The highest BCUT2D eigenvalue weighted by atomic mass is 32.1. The van der Waals surface area contributed by atoms with Crippen LogP contribution in [0.2, 0.25) is 0 Å². The molecule has 2 heterocycles. The van der Waals surface area contributed by atoms with Crippen LogP contribution in [0, 0.1) is 24.0 Å². The lowest BCUT2D eigenvalue weighted by atomic mass is 10.1. The molecule has 0 spiro atoms. The molecule has 0 aliphatic carbocycles. The minimum absolute atomic E-state index is 0.0735. The molecular formula is C25H30N4O6S. The molecule has 0 radical (unpaired) electrons. The smallest absolute Gasteiger partial charge is 0.286 e. The van der Waals surface area contributed by atoms with Crippen LogP contribution in [0.1, 0.15) is 27.9 Å². The number of nitrogens with zero attached hydrogens (tertiary/aromatic N) is 4. The highest BCUT2D eigenvalue weighted by Gasteiger charge is 2.30. The first-order valence-corrected chi connectivity index (χ1v) is 12.5. The Morgan fingerprint density at radius 2 is 1.81 bits per heavy atom. The maximum Gasteiger partial charge on any atom is 0.286 e. The summed E-state index contributed by atoms with van der Waals surface area (Å²) in [7, 11) is 2.82. The normalized spacial score (nSPS) is 14.1. The van der Waals surface area contributed by atoms with E-state index < -0.39 is 10.8 Å². The predicted molar refractivity (Wildman–Crippen MR) is 139 cm³/mol. The third kappa shape index (κ3) is 5.43. The van der Waals surface area contributed by atoms with Crippen molar-refractivity contribution in [3.63, 3.8) is 0 Å². The van der Waals surface area contributed by atoms with E-state index in [1.807, 2.05) is 19.9 Å². The summed E-state index contributed by atoms with van der Waals surface area (Å²) in [6, 6.07) is 6.65. The molecule has 1 aliphatic rings. The summed E-state index contributed by atoms with van der Waals surface area (Å²) in [5.74, 6) is -0.0713. The molecule has 0 saturated carbocycles. The van der Waals surface area contributed by atoms with E-state index in [1.54, 1.807) is 4.90 Å². The Balaban J connectivity index is 1.72. The molecule has 1 fully saturated rings. The van der Waals surface area contributed by atoms with E-state index in [2.05, 4.69) is 11.0 Å². The lowest BCUT2D eigenvalue weighted by Crippen LogP contribution is -2.39. The second-order valence-electron chi connectivity index (χ2n) is 8.65. The van der Waals surface area contributed by atoms with E-state index in [0.29, 0.717) is 31.3 Å². The van der Waals surface area contributed by atoms with Gasteiger partial charge in [0.05, 0.1) is 48.6 Å². The predicted octanol–water partition coefficient (Wildman–Crippen LogP) is 4.21. The lowest BCUT2D eigenvalue weighted by Gasteiger charge is -2.27. The van der Waals surface area contributed by atoms with E-state index in [1.165, 1.54) is 37.7 Å². The fourth-order valence-corrected chi connectivity index (χ4v) is 5.25. The van der Waals surface area contributed by atoms with Gasteiger partial charge in [0, 0.05) is 32.2 Å². The molecule has 0 N–H and O–H groups in total. The second-order valence-corrected chi connectivity index (χ2v) is 9.66. The number of aryl methyl sites for hydroxylation is 2. The highest BCUT2D eigenvalue weighted by Crippen LogP contribution is 2.37. The van der Waals surface area contributed by atoms with Crippen LogP contribution in [0.5, 0.6) is 11.5 Å². The maximum absolute atomic E-state index is 13.9. The first-order valence-electron chi connectivity index (χ1n) is 11.7. The highest BCUT2D eigenvalue weighted by molar-refractivity contribution is 7.22. The number of nitro groups is 1. The van der Waals surface area contributed by atoms with Crippen molar-refractivity contribution in [2.75, 3.05) is 58.5 Å². The summed E-state index contributed by atoms with van der Waals surface area (Å²) in [5, 5.41) is 12.4. The fraction of sp³-hybridized carbons (Fsp3) is 0.440. The third-order valence-electron chi connectivity index (χ3n) is 6.36. The van der Waals surface area contributed by atoms with Crippen LogP contribution in [0.3, 0.4) is 0 Å². The molecule has 0 atom stereocenters. The Kier molecular flexibility index (Phi) is 8.02. The molecule has 0 unspecified atom stereocenters. The SMILES string of the molecule is COc1cc(C(=O)N(CCCN2CCOCC2)c2nc3cc(C)c(C)cc3s2)c([N+](=O)[O-])cc1OC. The molecule has 4 rings (SSSR count). The zero-order valence-corrected chi connectivity index (χ0v) is 21.7. The summed E-state index contributed by atoms with van der Waals surface area (Å²) in [6.07, 6.45) is 0.681. The number of carbonyl (C=O) groups excluding carboxylic acids is 1. The second kappa shape index (κ2) is 11.2. The van der Waals surface area contributed by atoms with Gasteiger partial charge in [-0.05, 0) is 43.5 Å². The minimum Gasteiger partial charge on any atom is -0.493 e. The Morgan fingerprint density at radius 3 is 2.47 bits per heavy atom. The monoisotopic (exact) mass is 514 g/mol. The molecule has 192 valence electrons. The van der Waals surface area contributed by atoms with Gasteiger partial charge in [-0.2, -0.15) is 0 Å². The van der Waals surface area contributed by atoms with Gasteiger partial charge in [-0.3, -0.25) is 24.7 Å². The van der Waals surface area contributed by atoms with Crippen molar-refractivity contribution < 1.29 is 23.9 Å². The van der Waals surface area contributed by atoms with Gasteiger partial charge in [-0.25, -0.2) is 4.98 Å². The molecule has 3 aromatic rings. The van der Waals surface area contributed by atoms with Crippen molar-refractivity contribution in [2.24, 2.45) is 0 Å². The largest absolute Gasteiger partial charge is 0.493 e. The molecule has 11 heteroatoms. The number of ether oxygens (including phenoxy) is 3. The van der Waals surface area contributed by atoms with Crippen molar-refractivity contribution >= 4 is 38.3 Å². The van der Waals surface area contributed by atoms with E-state index in [0.717, 1.165) is 41.0 Å². The van der Waals surface area contributed by atoms with Crippen LogP contribution in [-0.2, 0) is 4.74 Å². The Hall–Kier alpha value is -3.28. The molecule has 10 nitrogen and oxygen atoms in total. The number of hydrogen-bond acceptors (Lipinski definition) is 9. The van der Waals surface area contributed by atoms with Crippen molar-refractivity contribution in [2.45, 2.75) is 20.3 Å². The van der Waals surface area contributed by atoms with E-state index in [9.17, 15) is 14.9 Å².